The van der Waals surface area contributed by atoms with E-state index in [0.29, 0.717) is 6.61 Å². The Bertz CT molecular complexity index is 190. The minimum Gasteiger partial charge on any atom is -0.379 e. The molecule has 0 aromatic carbocycles. The summed E-state index contributed by atoms with van der Waals surface area (Å²) in [5.74, 6) is -0.392. The fourth-order valence-electron chi connectivity index (χ4n) is 1.92. The Morgan fingerprint density at radius 1 is 1.29 bits per heavy atom. The molecular weight excluding hydrogens is 182 g/mol. The summed E-state index contributed by atoms with van der Waals surface area (Å²) < 4.78 is 16.6. The van der Waals surface area contributed by atoms with Gasteiger partial charge in [0.25, 0.3) is 0 Å². The highest BCUT2D eigenvalue weighted by Crippen LogP contribution is 2.22. The fourth-order valence-corrected chi connectivity index (χ4v) is 1.92. The van der Waals surface area contributed by atoms with E-state index in [1.165, 1.54) is 0 Å². The van der Waals surface area contributed by atoms with Crippen LogP contribution >= 0.6 is 0 Å². The van der Waals surface area contributed by atoms with Gasteiger partial charge in [0, 0.05) is 19.6 Å². The Balaban J connectivity index is 1.75. The topological polar surface area (TPSA) is 30.9 Å². The predicted octanol–water partition coefficient (Wildman–Crippen LogP) is 0.470. The van der Waals surface area contributed by atoms with Gasteiger partial charge < -0.3 is 14.2 Å². The molecule has 0 saturated carbocycles. The normalized spacial score (nSPS) is 33.4. The fraction of sp³-hybridized carbons (Fsp3) is 1.00. The lowest BCUT2D eigenvalue weighted by Gasteiger charge is -2.28. The van der Waals surface area contributed by atoms with Crippen LogP contribution in [0, 0.1) is 0 Å². The van der Waals surface area contributed by atoms with Crippen molar-refractivity contribution in [3.8, 4) is 0 Å². The van der Waals surface area contributed by atoms with E-state index in [9.17, 15) is 0 Å². The summed E-state index contributed by atoms with van der Waals surface area (Å²) in [7, 11) is 0. The Hall–Kier alpha value is -0.160. The molecule has 0 aromatic heterocycles. The number of nitrogens with zero attached hydrogens (tertiary/aromatic N) is 1. The molecule has 0 radical (unpaired) electrons. The first-order valence-corrected chi connectivity index (χ1v) is 5.28. The summed E-state index contributed by atoms with van der Waals surface area (Å²) in [6.07, 6.45) is 0.225. The van der Waals surface area contributed by atoms with E-state index in [0.717, 1.165) is 32.8 Å². The molecule has 0 aromatic rings. The second-order valence-corrected chi connectivity index (χ2v) is 4.36. The standard InChI is InChI=1S/C10H19NO3/c1-10(2)13-8-9(14-10)7-11-3-5-12-6-4-11/h9H,3-8H2,1-2H3/t9-/m0/s1. The third-order valence-electron chi connectivity index (χ3n) is 2.63. The average Bonchev–Trinajstić information content (AvgIpc) is 2.47. The zero-order valence-corrected chi connectivity index (χ0v) is 8.99. The number of rotatable bonds is 2. The third kappa shape index (κ3) is 2.67. The van der Waals surface area contributed by atoms with E-state index in [1.54, 1.807) is 0 Å². The van der Waals surface area contributed by atoms with Gasteiger partial charge >= 0.3 is 0 Å². The van der Waals surface area contributed by atoms with Crippen LogP contribution in [0.5, 0.6) is 0 Å². The highest BCUT2D eigenvalue weighted by Gasteiger charge is 2.33. The van der Waals surface area contributed by atoms with Crippen molar-refractivity contribution in [1.29, 1.82) is 0 Å². The zero-order chi connectivity index (χ0) is 10.0. The molecule has 0 unspecified atom stereocenters. The van der Waals surface area contributed by atoms with Crippen molar-refractivity contribution in [2.24, 2.45) is 0 Å². The van der Waals surface area contributed by atoms with Crippen LogP contribution in [0.4, 0.5) is 0 Å². The molecule has 1 atom stereocenters. The highest BCUT2D eigenvalue weighted by atomic mass is 16.7. The molecular formula is C10H19NO3. The van der Waals surface area contributed by atoms with Gasteiger partial charge in [-0.2, -0.15) is 0 Å². The molecule has 0 amide bonds. The van der Waals surface area contributed by atoms with E-state index in [2.05, 4.69) is 4.90 Å². The smallest absolute Gasteiger partial charge is 0.163 e. The summed E-state index contributed by atoms with van der Waals surface area (Å²) in [5.41, 5.74) is 0. The van der Waals surface area contributed by atoms with Crippen LogP contribution in [-0.4, -0.2) is 56.2 Å². The lowest BCUT2D eigenvalue weighted by Crippen LogP contribution is -2.41. The van der Waals surface area contributed by atoms with Crippen LogP contribution in [-0.2, 0) is 14.2 Å². The van der Waals surface area contributed by atoms with Crippen LogP contribution in [0.3, 0.4) is 0 Å². The van der Waals surface area contributed by atoms with Crippen LogP contribution < -0.4 is 0 Å². The van der Waals surface area contributed by atoms with E-state index in [1.807, 2.05) is 13.8 Å². The molecule has 2 aliphatic rings. The number of ether oxygens (including phenoxy) is 3. The van der Waals surface area contributed by atoms with Gasteiger partial charge in [0.05, 0.1) is 25.9 Å². The van der Waals surface area contributed by atoms with Crippen molar-refractivity contribution in [3.63, 3.8) is 0 Å². The van der Waals surface area contributed by atoms with Crippen molar-refractivity contribution < 1.29 is 14.2 Å². The molecule has 82 valence electrons. The molecule has 4 heteroatoms. The summed E-state index contributed by atoms with van der Waals surface area (Å²) >= 11 is 0. The van der Waals surface area contributed by atoms with Crippen molar-refractivity contribution in [1.82, 2.24) is 4.90 Å². The number of morpholine rings is 1. The van der Waals surface area contributed by atoms with Gasteiger partial charge in [-0.3, -0.25) is 4.90 Å². The number of hydrogen-bond donors (Lipinski definition) is 0. The summed E-state index contributed by atoms with van der Waals surface area (Å²) in [4.78, 5) is 2.37. The van der Waals surface area contributed by atoms with E-state index < -0.39 is 5.79 Å². The van der Waals surface area contributed by atoms with E-state index in [4.69, 9.17) is 14.2 Å². The lowest BCUT2D eigenvalue weighted by atomic mass is 10.3. The monoisotopic (exact) mass is 201 g/mol. The summed E-state index contributed by atoms with van der Waals surface area (Å²) in [6.45, 7) is 9.32. The molecule has 0 N–H and O–H groups in total. The average molecular weight is 201 g/mol. The first kappa shape index (κ1) is 10.4. The van der Waals surface area contributed by atoms with Crippen molar-refractivity contribution in [3.05, 3.63) is 0 Å². The molecule has 14 heavy (non-hydrogen) atoms. The Morgan fingerprint density at radius 2 is 2.00 bits per heavy atom. The molecule has 2 heterocycles. The third-order valence-corrected chi connectivity index (χ3v) is 2.63. The van der Waals surface area contributed by atoms with Crippen molar-refractivity contribution in [2.75, 3.05) is 39.5 Å². The van der Waals surface area contributed by atoms with E-state index >= 15 is 0 Å². The van der Waals surface area contributed by atoms with E-state index in [-0.39, 0.29) is 6.10 Å². The maximum atomic E-state index is 5.75. The van der Waals surface area contributed by atoms with Crippen LogP contribution in [0.15, 0.2) is 0 Å². The molecule has 2 aliphatic heterocycles. The van der Waals surface area contributed by atoms with Crippen LogP contribution in [0.1, 0.15) is 13.8 Å². The molecule has 4 nitrogen and oxygen atoms in total. The molecule has 2 saturated heterocycles. The molecule has 2 rings (SSSR count). The summed E-state index contributed by atoms with van der Waals surface area (Å²) in [5, 5.41) is 0. The Kier molecular flexibility index (Phi) is 3.07. The van der Waals surface area contributed by atoms with Crippen LogP contribution in [0.2, 0.25) is 0 Å². The van der Waals surface area contributed by atoms with Gasteiger partial charge in [-0.15, -0.1) is 0 Å². The van der Waals surface area contributed by atoms with Crippen LogP contribution in [0.25, 0.3) is 0 Å². The number of hydrogen-bond acceptors (Lipinski definition) is 4. The van der Waals surface area contributed by atoms with Gasteiger partial charge in [-0.25, -0.2) is 0 Å². The van der Waals surface area contributed by atoms with Gasteiger partial charge in [0.2, 0.25) is 0 Å². The SMILES string of the molecule is CC1(C)OC[C@H](CN2CCOCC2)O1. The van der Waals surface area contributed by atoms with Crippen molar-refractivity contribution in [2.45, 2.75) is 25.7 Å². The Morgan fingerprint density at radius 3 is 2.57 bits per heavy atom. The highest BCUT2D eigenvalue weighted by molar-refractivity contribution is 4.75. The van der Waals surface area contributed by atoms with Crippen molar-refractivity contribution >= 4 is 0 Å². The molecule has 0 spiro atoms. The molecule has 2 fully saturated rings. The second-order valence-electron chi connectivity index (χ2n) is 4.36. The maximum Gasteiger partial charge on any atom is 0.163 e. The van der Waals surface area contributed by atoms with Gasteiger partial charge in [0.15, 0.2) is 5.79 Å². The van der Waals surface area contributed by atoms with Gasteiger partial charge in [-0.05, 0) is 13.8 Å². The quantitative estimate of drug-likeness (QED) is 0.650. The maximum absolute atomic E-state index is 5.75. The minimum absolute atomic E-state index is 0.225. The van der Waals surface area contributed by atoms with Gasteiger partial charge in [0.1, 0.15) is 0 Å². The summed E-state index contributed by atoms with van der Waals surface area (Å²) in [6, 6.07) is 0. The Labute approximate surface area is 85.1 Å². The minimum atomic E-state index is -0.392. The predicted molar refractivity (Wildman–Crippen MR) is 52.2 cm³/mol. The lowest BCUT2D eigenvalue weighted by molar-refractivity contribution is -0.141. The first-order valence-electron chi connectivity index (χ1n) is 5.28. The zero-order valence-electron chi connectivity index (χ0n) is 8.99. The second kappa shape index (κ2) is 4.14. The first-order chi connectivity index (χ1) is 6.66. The van der Waals surface area contributed by atoms with Gasteiger partial charge in [-0.1, -0.05) is 0 Å². The molecule has 0 bridgehead atoms. The molecule has 0 aliphatic carbocycles. The largest absolute Gasteiger partial charge is 0.379 e.